The van der Waals surface area contributed by atoms with E-state index in [0.717, 1.165) is 0 Å². The van der Waals surface area contributed by atoms with Crippen molar-refractivity contribution in [3.8, 4) is 5.82 Å². The Kier molecular flexibility index (Phi) is 4.06. The van der Waals surface area contributed by atoms with Gasteiger partial charge < -0.3 is 10.5 Å². The monoisotopic (exact) mass is 278 g/mol. The minimum atomic E-state index is -0.466. The van der Waals surface area contributed by atoms with Gasteiger partial charge in [0.15, 0.2) is 5.82 Å². The second-order valence-electron chi connectivity index (χ2n) is 3.59. The summed E-state index contributed by atoms with van der Waals surface area (Å²) in [5.74, 6) is 0.332. The minimum Gasteiger partial charge on any atom is -0.462 e. The van der Waals surface area contributed by atoms with E-state index in [1.807, 2.05) is 12.3 Å². The van der Waals surface area contributed by atoms with Gasteiger partial charge in [0.25, 0.3) is 0 Å². The first-order valence-corrected chi connectivity index (χ1v) is 6.92. The highest BCUT2D eigenvalue weighted by molar-refractivity contribution is 7.98. The first kappa shape index (κ1) is 13.4. The van der Waals surface area contributed by atoms with Crippen molar-refractivity contribution in [1.82, 2.24) is 14.8 Å². The van der Waals surface area contributed by atoms with Crippen molar-refractivity contribution >= 4 is 23.5 Å². The number of hydrogen-bond acceptors (Lipinski definition) is 6. The molecule has 0 unspecified atom stereocenters. The van der Waals surface area contributed by atoms with Gasteiger partial charge in [-0.05, 0) is 25.3 Å². The van der Waals surface area contributed by atoms with Crippen LogP contribution < -0.4 is 5.73 Å². The summed E-state index contributed by atoms with van der Waals surface area (Å²) < 4.78 is 6.44. The van der Waals surface area contributed by atoms with Gasteiger partial charge in [0.2, 0.25) is 0 Å². The number of nitrogens with zero attached hydrogens (tertiary/aromatic N) is 3. The zero-order valence-electron chi connectivity index (χ0n) is 10.7. The molecule has 6 nitrogen and oxygen atoms in total. The van der Waals surface area contributed by atoms with Gasteiger partial charge in [0.05, 0.1) is 6.61 Å². The van der Waals surface area contributed by atoms with Gasteiger partial charge in [-0.15, -0.1) is 11.8 Å². The highest BCUT2D eigenvalue weighted by Crippen LogP contribution is 2.27. The molecule has 0 radical (unpaired) electrons. The normalized spacial score (nSPS) is 10.4. The van der Waals surface area contributed by atoms with Gasteiger partial charge in [-0.3, -0.25) is 0 Å². The molecule has 2 heterocycles. The Morgan fingerprint density at radius 2 is 2.32 bits per heavy atom. The largest absolute Gasteiger partial charge is 0.462 e. The van der Waals surface area contributed by atoms with Crippen LogP contribution in [0.3, 0.4) is 0 Å². The molecule has 0 saturated heterocycles. The number of carbonyl (C=O) groups is 1. The molecular formula is C12H14N4O2S. The molecule has 100 valence electrons. The van der Waals surface area contributed by atoms with Crippen LogP contribution in [0, 0.1) is 0 Å². The van der Waals surface area contributed by atoms with Crippen LogP contribution in [-0.4, -0.2) is 33.6 Å². The van der Waals surface area contributed by atoms with Gasteiger partial charge in [-0.2, -0.15) is 9.78 Å². The summed E-state index contributed by atoms with van der Waals surface area (Å²) in [6, 6.07) is 5.39. The number of carbonyl (C=O) groups excluding carboxylic acids is 1. The third-order valence-electron chi connectivity index (χ3n) is 2.43. The van der Waals surface area contributed by atoms with E-state index < -0.39 is 5.97 Å². The maximum atomic E-state index is 11.9. The number of hydrogen-bond donors (Lipinski definition) is 1. The van der Waals surface area contributed by atoms with Crippen LogP contribution in [-0.2, 0) is 4.74 Å². The Labute approximate surface area is 115 Å². The average molecular weight is 278 g/mol. The number of aromatic nitrogens is 3. The van der Waals surface area contributed by atoms with E-state index >= 15 is 0 Å². The second-order valence-corrected chi connectivity index (χ2v) is 4.38. The number of ether oxygens (including phenoxy) is 1. The smallest absolute Gasteiger partial charge is 0.344 e. The first-order valence-electron chi connectivity index (χ1n) is 5.70. The van der Waals surface area contributed by atoms with Gasteiger partial charge in [0.1, 0.15) is 16.4 Å². The van der Waals surface area contributed by atoms with Crippen LogP contribution in [0.1, 0.15) is 17.3 Å². The maximum absolute atomic E-state index is 11.9. The topological polar surface area (TPSA) is 83.0 Å². The molecule has 2 aromatic heterocycles. The van der Waals surface area contributed by atoms with Crippen LogP contribution >= 0.6 is 11.8 Å². The molecule has 19 heavy (non-hydrogen) atoms. The number of thioether (sulfide) groups is 1. The van der Waals surface area contributed by atoms with Crippen LogP contribution in [0.25, 0.3) is 5.82 Å². The summed E-state index contributed by atoms with van der Waals surface area (Å²) in [6.45, 7) is 2.04. The van der Waals surface area contributed by atoms with E-state index in [0.29, 0.717) is 23.0 Å². The molecule has 0 bridgehead atoms. The summed E-state index contributed by atoms with van der Waals surface area (Å²) in [5, 5.41) is 4.82. The van der Waals surface area contributed by atoms with E-state index in [2.05, 4.69) is 10.1 Å². The summed E-state index contributed by atoms with van der Waals surface area (Å²) in [6.07, 6.45) is 3.46. The van der Waals surface area contributed by atoms with Crippen LogP contribution in [0.15, 0.2) is 29.4 Å². The summed E-state index contributed by atoms with van der Waals surface area (Å²) in [7, 11) is 0. The maximum Gasteiger partial charge on any atom is 0.344 e. The Morgan fingerprint density at radius 1 is 1.53 bits per heavy atom. The summed E-state index contributed by atoms with van der Waals surface area (Å²) in [5.41, 5.74) is 6.28. The Bertz CT molecular complexity index is 583. The predicted octanol–water partition coefficient (Wildman–Crippen LogP) is 1.75. The van der Waals surface area contributed by atoms with E-state index in [1.165, 1.54) is 16.4 Å². The van der Waals surface area contributed by atoms with E-state index in [-0.39, 0.29) is 5.82 Å². The Hall–Kier alpha value is -2.02. The molecule has 0 aliphatic heterocycles. The minimum absolute atomic E-state index is 0.238. The van der Waals surface area contributed by atoms with Gasteiger partial charge in [0, 0.05) is 6.20 Å². The molecule has 2 aromatic rings. The van der Waals surface area contributed by atoms with Crippen molar-refractivity contribution in [2.24, 2.45) is 0 Å². The van der Waals surface area contributed by atoms with E-state index in [4.69, 9.17) is 10.5 Å². The van der Waals surface area contributed by atoms with Gasteiger partial charge >= 0.3 is 5.97 Å². The standard InChI is InChI=1S/C12H14N4O2S/c1-3-18-12(17)9-10(13)16(15-11(9)19-2)8-6-4-5-7-14-8/h4-7H,3,13H2,1-2H3. The SMILES string of the molecule is CCOC(=O)c1c(SC)nn(-c2ccccn2)c1N. The fourth-order valence-electron chi connectivity index (χ4n) is 1.60. The molecule has 0 aliphatic carbocycles. The van der Waals surface area contributed by atoms with Crippen molar-refractivity contribution in [3.05, 3.63) is 30.0 Å². The van der Waals surface area contributed by atoms with Crippen molar-refractivity contribution in [3.63, 3.8) is 0 Å². The molecule has 0 spiro atoms. The number of pyridine rings is 1. The summed E-state index contributed by atoms with van der Waals surface area (Å²) in [4.78, 5) is 16.1. The first-order chi connectivity index (χ1) is 9.19. The van der Waals surface area contributed by atoms with Crippen molar-refractivity contribution < 1.29 is 9.53 Å². The predicted molar refractivity (Wildman–Crippen MR) is 73.5 cm³/mol. The zero-order valence-corrected chi connectivity index (χ0v) is 11.5. The van der Waals surface area contributed by atoms with Crippen molar-refractivity contribution in [1.29, 1.82) is 0 Å². The molecule has 0 aromatic carbocycles. The Balaban J connectivity index is 2.51. The van der Waals surface area contributed by atoms with Crippen LogP contribution in [0.2, 0.25) is 0 Å². The van der Waals surface area contributed by atoms with Crippen LogP contribution in [0.4, 0.5) is 5.82 Å². The molecular weight excluding hydrogens is 264 g/mol. The quantitative estimate of drug-likeness (QED) is 0.677. The lowest BCUT2D eigenvalue weighted by Crippen LogP contribution is -2.09. The molecule has 0 aliphatic rings. The number of nitrogens with two attached hydrogens (primary N) is 1. The lowest BCUT2D eigenvalue weighted by molar-refractivity contribution is 0.0523. The van der Waals surface area contributed by atoms with E-state index in [9.17, 15) is 4.79 Å². The fourth-order valence-corrected chi connectivity index (χ4v) is 2.16. The molecule has 2 rings (SSSR count). The van der Waals surface area contributed by atoms with Crippen molar-refractivity contribution in [2.75, 3.05) is 18.6 Å². The highest BCUT2D eigenvalue weighted by Gasteiger charge is 2.23. The number of rotatable bonds is 4. The molecule has 0 atom stereocenters. The number of anilines is 1. The molecule has 7 heteroatoms. The average Bonchev–Trinajstić information content (AvgIpc) is 2.77. The lowest BCUT2D eigenvalue weighted by atomic mass is 10.3. The molecule has 0 saturated carbocycles. The third-order valence-corrected chi connectivity index (χ3v) is 3.10. The fraction of sp³-hybridized carbons (Fsp3) is 0.250. The third kappa shape index (κ3) is 2.55. The Morgan fingerprint density at radius 3 is 2.89 bits per heavy atom. The zero-order chi connectivity index (χ0) is 13.8. The lowest BCUT2D eigenvalue weighted by Gasteiger charge is -2.03. The second kappa shape index (κ2) is 5.75. The summed E-state index contributed by atoms with van der Waals surface area (Å²) >= 11 is 1.34. The van der Waals surface area contributed by atoms with Gasteiger partial charge in [-0.1, -0.05) is 6.07 Å². The van der Waals surface area contributed by atoms with Crippen molar-refractivity contribution in [2.45, 2.75) is 11.9 Å². The number of esters is 1. The molecule has 0 fully saturated rings. The van der Waals surface area contributed by atoms with E-state index in [1.54, 1.807) is 25.3 Å². The molecule has 0 amide bonds. The highest BCUT2D eigenvalue weighted by atomic mass is 32.2. The number of nitrogen functional groups attached to an aromatic ring is 1. The van der Waals surface area contributed by atoms with Gasteiger partial charge in [-0.25, -0.2) is 9.78 Å². The molecule has 2 N–H and O–H groups in total. The van der Waals surface area contributed by atoms with Crippen LogP contribution in [0.5, 0.6) is 0 Å².